The third kappa shape index (κ3) is 5.06. The Kier molecular flexibility index (Phi) is 6.27. The summed E-state index contributed by atoms with van der Waals surface area (Å²) < 4.78 is 28.6. The van der Waals surface area contributed by atoms with E-state index in [1.807, 2.05) is 24.3 Å². The summed E-state index contributed by atoms with van der Waals surface area (Å²) in [4.78, 5) is 2.42. The van der Waals surface area contributed by atoms with E-state index < -0.39 is 9.84 Å². The van der Waals surface area contributed by atoms with Crippen LogP contribution in [0.1, 0.15) is 24.5 Å². The van der Waals surface area contributed by atoms with Gasteiger partial charge < -0.3 is 4.74 Å². The average Bonchev–Trinajstić information content (AvgIpc) is 3.04. The van der Waals surface area contributed by atoms with Crippen molar-refractivity contribution >= 4 is 9.84 Å². The summed E-state index contributed by atoms with van der Waals surface area (Å²) in [5, 5.41) is 16.7. The molecule has 1 saturated heterocycles. The molecule has 1 aliphatic heterocycles. The molecule has 0 radical (unpaired) electrons. The van der Waals surface area contributed by atoms with Gasteiger partial charge in [0.25, 0.3) is 0 Å². The molecule has 0 amide bonds. The smallest absolute Gasteiger partial charge is 0.233 e. The van der Waals surface area contributed by atoms with E-state index in [4.69, 9.17) is 4.74 Å². The van der Waals surface area contributed by atoms with Crippen LogP contribution in [0.2, 0.25) is 0 Å². The van der Waals surface area contributed by atoms with Crippen LogP contribution in [0.25, 0.3) is 0 Å². The minimum absolute atomic E-state index is 0.0573. The van der Waals surface area contributed by atoms with Crippen molar-refractivity contribution in [1.82, 2.24) is 15.1 Å². The number of likely N-dealkylation sites (tertiary alicyclic amines) is 1. The third-order valence-electron chi connectivity index (χ3n) is 5.06. The zero-order valence-corrected chi connectivity index (χ0v) is 16.9. The molecular weight excluding hydrogens is 376 g/mol. The SMILES string of the molecule is C[C@@H]1C[C@H](COc2ccc(S(C)(=O)=O)nn2)CN1CCc1ccccc1C#N. The van der Waals surface area contributed by atoms with Gasteiger partial charge >= 0.3 is 0 Å². The highest BCUT2D eigenvalue weighted by Gasteiger charge is 2.29. The zero-order valence-electron chi connectivity index (χ0n) is 16.1. The summed E-state index contributed by atoms with van der Waals surface area (Å²) in [5.41, 5.74) is 1.82. The predicted molar refractivity (Wildman–Crippen MR) is 105 cm³/mol. The molecule has 2 atom stereocenters. The number of rotatable bonds is 7. The maximum Gasteiger partial charge on any atom is 0.233 e. The Morgan fingerprint density at radius 2 is 2.04 bits per heavy atom. The van der Waals surface area contributed by atoms with Gasteiger partial charge in [0.1, 0.15) is 0 Å². The molecule has 2 aromatic rings. The average molecular weight is 401 g/mol. The Hall–Kier alpha value is -2.50. The highest BCUT2D eigenvalue weighted by Crippen LogP contribution is 2.24. The summed E-state index contributed by atoms with van der Waals surface area (Å²) in [7, 11) is -3.36. The lowest BCUT2D eigenvalue weighted by Gasteiger charge is -2.21. The van der Waals surface area contributed by atoms with Crippen LogP contribution in [0, 0.1) is 17.2 Å². The Bertz CT molecular complexity index is 954. The summed E-state index contributed by atoms with van der Waals surface area (Å²) >= 11 is 0. The summed E-state index contributed by atoms with van der Waals surface area (Å²) in [5.74, 6) is 0.707. The van der Waals surface area contributed by atoms with E-state index in [1.165, 1.54) is 6.07 Å². The van der Waals surface area contributed by atoms with E-state index in [2.05, 4.69) is 28.1 Å². The largest absolute Gasteiger partial charge is 0.476 e. The fourth-order valence-electron chi connectivity index (χ4n) is 3.55. The lowest BCUT2D eigenvalue weighted by molar-refractivity contribution is 0.227. The first-order valence-electron chi connectivity index (χ1n) is 9.25. The molecule has 7 nitrogen and oxygen atoms in total. The summed E-state index contributed by atoms with van der Waals surface area (Å²) in [6, 6.07) is 13.4. The molecule has 3 rings (SSSR count). The molecule has 1 aromatic carbocycles. The maximum absolute atomic E-state index is 11.4. The van der Waals surface area contributed by atoms with Crippen molar-refractivity contribution in [2.24, 2.45) is 5.92 Å². The molecule has 0 saturated carbocycles. The minimum Gasteiger partial charge on any atom is -0.476 e. The van der Waals surface area contributed by atoms with Gasteiger partial charge in [0, 0.05) is 37.4 Å². The fourth-order valence-corrected chi connectivity index (χ4v) is 4.05. The number of nitrogens with zero attached hydrogens (tertiary/aromatic N) is 4. The Morgan fingerprint density at radius 1 is 1.25 bits per heavy atom. The molecule has 1 fully saturated rings. The first-order valence-corrected chi connectivity index (χ1v) is 11.1. The fraction of sp³-hybridized carbons (Fsp3) is 0.450. The van der Waals surface area contributed by atoms with Crippen molar-refractivity contribution in [3.8, 4) is 11.9 Å². The van der Waals surface area contributed by atoms with Crippen molar-refractivity contribution in [3.05, 3.63) is 47.5 Å². The van der Waals surface area contributed by atoms with E-state index in [-0.39, 0.29) is 5.03 Å². The van der Waals surface area contributed by atoms with Gasteiger partial charge in [0.05, 0.1) is 18.2 Å². The van der Waals surface area contributed by atoms with Crippen LogP contribution in [0.4, 0.5) is 0 Å². The number of ether oxygens (including phenoxy) is 1. The zero-order chi connectivity index (χ0) is 20.1. The standard InChI is InChI=1S/C20H24N4O3S/c1-15-11-16(14-27-19-7-8-20(23-22-19)28(2,25)26)13-24(15)10-9-17-5-3-4-6-18(17)12-21/h3-8,15-16H,9-11,13-14H2,1-2H3/t15-,16+/m1/s1. The Morgan fingerprint density at radius 3 is 2.71 bits per heavy atom. The highest BCUT2D eigenvalue weighted by molar-refractivity contribution is 7.90. The lowest BCUT2D eigenvalue weighted by Crippen LogP contribution is -2.30. The van der Waals surface area contributed by atoms with Gasteiger partial charge in [-0.3, -0.25) is 4.90 Å². The predicted octanol–water partition coefficient (Wildman–Crippen LogP) is 2.08. The first-order chi connectivity index (χ1) is 13.4. The number of hydrogen-bond donors (Lipinski definition) is 0. The van der Waals surface area contributed by atoms with Gasteiger partial charge in [0.15, 0.2) is 14.9 Å². The molecule has 148 valence electrons. The van der Waals surface area contributed by atoms with E-state index in [0.717, 1.165) is 43.3 Å². The van der Waals surface area contributed by atoms with Crippen LogP contribution in [-0.4, -0.2) is 55.5 Å². The number of sulfone groups is 1. The lowest BCUT2D eigenvalue weighted by atomic mass is 10.1. The molecule has 1 aromatic heterocycles. The Labute approximate surface area is 165 Å². The van der Waals surface area contributed by atoms with Gasteiger partial charge in [0.2, 0.25) is 5.88 Å². The van der Waals surface area contributed by atoms with Crippen LogP contribution >= 0.6 is 0 Å². The van der Waals surface area contributed by atoms with Crippen LogP contribution in [-0.2, 0) is 16.3 Å². The monoisotopic (exact) mass is 400 g/mol. The van der Waals surface area contributed by atoms with Gasteiger partial charge in [-0.25, -0.2) is 8.42 Å². The summed E-state index contributed by atoms with van der Waals surface area (Å²) in [6.07, 6.45) is 2.97. The van der Waals surface area contributed by atoms with Crippen molar-refractivity contribution in [2.45, 2.75) is 30.8 Å². The number of aromatic nitrogens is 2. The van der Waals surface area contributed by atoms with Crippen molar-refractivity contribution in [2.75, 3.05) is 26.0 Å². The van der Waals surface area contributed by atoms with E-state index in [0.29, 0.717) is 24.4 Å². The quantitative estimate of drug-likeness (QED) is 0.702. The molecule has 8 heteroatoms. The van der Waals surface area contributed by atoms with Gasteiger partial charge in [-0.2, -0.15) is 5.26 Å². The molecule has 0 unspecified atom stereocenters. The second kappa shape index (κ2) is 8.67. The maximum atomic E-state index is 11.4. The normalized spacial score (nSPS) is 20.0. The second-order valence-corrected chi connectivity index (χ2v) is 9.22. The van der Waals surface area contributed by atoms with Crippen molar-refractivity contribution < 1.29 is 13.2 Å². The van der Waals surface area contributed by atoms with E-state index in [1.54, 1.807) is 6.07 Å². The molecule has 0 aliphatic carbocycles. The van der Waals surface area contributed by atoms with Gasteiger partial charge in [-0.15, -0.1) is 10.2 Å². The van der Waals surface area contributed by atoms with E-state index >= 15 is 0 Å². The Balaban J connectivity index is 1.50. The van der Waals surface area contributed by atoms with Crippen LogP contribution < -0.4 is 4.74 Å². The molecule has 28 heavy (non-hydrogen) atoms. The van der Waals surface area contributed by atoms with Crippen LogP contribution in [0.15, 0.2) is 41.4 Å². The topological polar surface area (TPSA) is 96.2 Å². The summed E-state index contributed by atoms with van der Waals surface area (Å²) in [6.45, 7) is 4.55. The van der Waals surface area contributed by atoms with Gasteiger partial charge in [-0.1, -0.05) is 18.2 Å². The molecule has 1 aliphatic rings. The molecule has 0 bridgehead atoms. The number of benzene rings is 1. The minimum atomic E-state index is -3.36. The van der Waals surface area contributed by atoms with Gasteiger partial charge in [-0.05, 0) is 37.5 Å². The van der Waals surface area contributed by atoms with Crippen LogP contribution in [0.3, 0.4) is 0 Å². The number of nitriles is 1. The number of hydrogen-bond acceptors (Lipinski definition) is 7. The first kappa shape index (κ1) is 20.2. The van der Waals surface area contributed by atoms with Crippen LogP contribution in [0.5, 0.6) is 5.88 Å². The molecule has 0 N–H and O–H groups in total. The molecule has 2 heterocycles. The second-order valence-electron chi connectivity index (χ2n) is 7.26. The van der Waals surface area contributed by atoms with Crippen molar-refractivity contribution in [1.29, 1.82) is 5.26 Å². The van der Waals surface area contributed by atoms with Crippen molar-refractivity contribution in [3.63, 3.8) is 0 Å². The highest BCUT2D eigenvalue weighted by atomic mass is 32.2. The molecule has 0 spiro atoms. The van der Waals surface area contributed by atoms with E-state index in [9.17, 15) is 13.7 Å². The third-order valence-corrected chi connectivity index (χ3v) is 6.04. The molecular formula is C20H24N4O3S.